The van der Waals surface area contributed by atoms with Crippen molar-refractivity contribution < 1.29 is 17.5 Å². The monoisotopic (exact) mass is 368 g/mol. The van der Waals surface area contributed by atoms with Crippen molar-refractivity contribution >= 4 is 42.9 Å². The summed E-state index contributed by atoms with van der Waals surface area (Å²) >= 11 is 11.8. The number of benzene rings is 2. The van der Waals surface area contributed by atoms with Crippen LogP contribution in [0.5, 0.6) is 5.75 Å². The molecule has 112 valence electrons. The van der Waals surface area contributed by atoms with E-state index in [1.54, 1.807) is 18.2 Å². The van der Waals surface area contributed by atoms with E-state index in [4.69, 9.17) is 38.6 Å². The molecule has 0 aliphatic rings. The smallest absolute Gasteiger partial charge is 0.262 e. The van der Waals surface area contributed by atoms with Crippen LogP contribution in [-0.2, 0) is 15.7 Å². The lowest BCUT2D eigenvalue weighted by atomic mass is 10.2. The van der Waals surface area contributed by atoms with E-state index < -0.39 is 14.9 Å². The highest BCUT2D eigenvalue weighted by atomic mass is 35.7. The summed E-state index contributed by atoms with van der Waals surface area (Å²) in [6.07, 6.45) is 0. The first-order valence-corrected chi connectivity index (χ1v) is 8.66. The predicted octanol–water partition coefficient (Wildman–Crippen LogP) is 4.64. The lowest BCUT2D eigenvalue weighted by Crippen LogP contribution is -2.00. The average molecular weight is 370 g/mol. The van der Waals surface area contributed by atoms with Crippen LogP contribution >= 0.6 is 33.9 Å². The molecule has 0 N–H and O–H groups in total. The van der Waals surface area contributed by atoms with Gasteiger partial charge in [-0.25, -0.2) is 12.8 Å². The maximum Gasteiger partial charge on any atom is 0.262 e. The first kappa shape index (κ1) is 16.4. The fourth-order valence-electron chi connectivity index (χ4n) is 1.58. The lowest BCUT2D eigenvalue weighted by Gasteiger charge is -2.11. The van der Waals surface area contributed by atoms with Gasteiger partial charge in [-0.15, -0.1) is 0 Å². The molecule has 0 fully saturated rings. The van der Waals surface area contributed by atoms with E-state index in [1.807, 2.05) is 0 Å². The van der Waals surface area contributed by atoms with Crippen molar-refractivity contribution in [3.8, 4) is 5.75 Å². The summed E-state index contributed by atoms with van der Waals surface area (Å²) in [5, 5.41) is -0.340. The van der Waals surface area contributed by atoms with E-state index in [0.29, 0.717) is 5.56 Å². The largest absolute Gasteiger partial charge is 0.487 e. The van der Waals surface area contributed by atoms with E-state index in [0.717, 1.165) is 0 Å². The molecule has 0 spiro atoms. The van der Waals surface area contributed by atoms with Crippen LogP contribution in [0.25, 0.3) is 0 Å². The quantitative estimate of drug-likeness (QED) is 0.737. The summed E-state index contributed by atoms with van der Waals surface area (Å²) in [4.78, 5) is -0.311. The summed E-state index contributed by atoms with van der Waals surface area (Å²) in [7, 11) is 1.21. The van der Waals surface area contributed by atoms with Crippen LogP contribution in [0.2, 0.25) is 10.0 Å². The zero-order chi connectivity index (χ0) is 15.6. The third kappa shape index (κ3) is 3.80. The van der Waals surface area contributed by atoms with Gasteiger partial charge >= 0.3 is 0 Å². The Bertz CT molecular complexity index is 778. The Labute approximate surface area is 135 Å². The Morgan fingerprint density at radius 3 is 2.33 bits per heavy atom. The zero-order valence-corrected chi connectivity index (χ0v) is 13.4. The number of hydrogen-bond donors (Lipinski definition) is 0. The average Bonchev–Trinajstić information content (AvgIpc) is 2.40. The van der Waals surface area contributed by atoms with Crippen LogP contribution in [-0.4, -0.2) is 8.42 Å². The highest BCUT2D eigenvalue weighted by molar-refractivity contribution is 8.13. The minimum Gasteiger partial charge on any atom is -0.487 e. The van der Waals surface area contributed by atoms with Gasteiger partial charge in [0, 0.05) is 16.2 Å². The molecule has 0 aliphatic heterocycles. The Kier molecular flexibility index (Phi) is 4.99. The molecule has 0 saturated carbocycles. The molecule has 0 saturated heterocycles. The first-order chi connectivity index (χ1) is 9.80. The number of ether oxygens (including phenoxy) is 1. The van der Waals surface area contributed by atoms with Crippen molar-refractivity contribution in [1.82, 2.24) is 0 Å². The SMILES string of the molecule is O=S(=O)(Cl)c1ccc(OCc2ccccc2F)c(Cl)c1Cl. The van der Waals surface area contributed by atoms with Gasteiger partial charge in [0.1, 0.15) is 28.1 Å². The van der Waals surface area contributed by atoms with Crippen LogP contribution in [0.15, 0.2) is 41.3 Å². The Hall–Kier alpha value is -1.01. The number of halogens is 4. The molecule has 0 atom stereocenters. The standard InChI is InChI=1S/C13H8Cl3FO3S/c14-12-10(5-6-11(13(12)15)21(16,18)19)20-7-8-3-1-2-4-9(8)17/h1-6H,7H2. The maximum absolute atomic E-state index is 13.5. The molecule has 0 radical (unpaired) electrons. The van der Waals surface area contributed by atoms with E-state index in [9.17, 15) is 12.8 Å². The molecule has 0 aliphatic carbocycles. The Morgan fingerprint density at radius 1 is 1.05 bits per heavy atom. The van der Waals surface area contributed by atoms with Crippen molar-refractivity contribution in [3.05, 3.63) is 57.8 Å². The second kappa shape index (κ2) is 6.40. The lowest BCUT2D eigenvalue weighted by molar-refractivity contribution is 0.300. The van der Waals surface area contributed by atoms with Gasteiger partial charge < -0.3 is 4.74 Å². The summed E-state index contributed by atoms with van der Waals surface area (Å²) in [6.45, 7) is -0.0737. The van der Waals surface area contributed by atoms with Gasteiger partial charge in [-0.3, -0.25) is 0 Å². The van der Waals surface area contributed by atoms with E-state index >= 15 is 0 Å². The maximum atomic E-state index is 13.5. The zero-order valence-electron chi connectivity index (χ0n) is 10.3. The van der Waals surface area contributed by atoms with Crippen LogP contribution in [0, 0.1) is 5.82 Å². The summed E-state index contributed by atoms with van der Waals surface area (Å²) in [5.74, 6) is -0.284. The van der Waals surface area contributed by atoms with Gasteiger partial charge in [0.15, 0.2) is 0 Å². The van der Waals surface area contributed by atoms with E-state index in [2.05, 4.69) is 0 Å². The molecule has 2 aromatic carbocycles. The van der Waals surface area contributed by atoms with Crippen molar-refractivity contribution in [2.45, 2.75) is 11.5 Å². The summed E-state index contributed by atoms with van der Waals surface area (Å²) < 4.78 is 41.4. The van der Waals surface area contributed by atoms with Gasteiger partial charge in [0.25, 0.3) is 9.05 Å². The van der Waals surface area contributed by atoms with Crippen molar-refractivity contribution in [2.24, 2.45) is 0 Å². The van der Waals surface area contributed by atoms with Gasteiger partial charge in [0.05, 0.1) is 5.02 Å². The molecular formula is C13H8Cl3FO3S. The molecule has 2 rings (SSSR count). The Balaban J connectivity index is 2.27. The summed E-state index contributed by atoms with van der Waals surface area (Å²) in [6, 6.07) is 8.57. The third-order valence-corrected chi connectivity index (χ3v) is 4.96. The van der Waals surface area contributed by atoms with Gasteiger partial charge in [-0.2, -0.15) is 0 Å². The fourth-order valence-corrected chi connectivity index (χ4v) is 3.37. The molecule has 0 amide bonds. The minimum absolute atomic E-state index is 0.0737. The minimum atomic E-state index is -4.01. The second-order valence-corrected chi connectivity index (χ2v) is 7.30. The molecule has 2 aromatic rings. The Morgan fingerprint density at radius 2 is 1.71 bits per heavy atom. The van der Waals surface area contributed by atoms with Crippen molar-refractivity contribution in [3.63, 3.8) is 0 Å². The van der Waals surface area contributed by atoms with Crippen LogP contribution < -0.4 is 4.74 Å². The molecule has 0 heterocycles. The second-order valence-electron chi connectivity index (χ2n) is 4.01. The molecule has 0 bridgehead atoms. The van der Waals surface area contributed by atoms with E-state index in [1.165, 1.54) is 18.2 Å². The molecule has 0 unspecified atom stereocenters. The highest BCUT2D eigenvalue weighted by Crippen LogP contribution is 2.38. The topological polar surface area (TPSA) is 43.4 Å². The highest BCUT2D eigenvalue weighted by Gasteiger charge is 2.20. The van der Waals surface area contributed by atoms with Crippen LogP contribution in [0.1, 0.15) is 5.56 Å². The molecule has 0 aromatic heterocycles. The molecule has 21 heavy (non-hydrogen) atoms. The predicted molar refractivity (Wildman–Crippen MR) is 80.2 cm³/mol. The fraction of sp³-hybridized carbons (Fsp3) is 0.0769. The number of rotatable bonds is 4. The first-order valence-electron chi connectivity index (χ1n) is 5.59. The molecule has 8 heteroatoms. The third-order valence-electron chi connectivity index (χ3n) is 2.62. The van der Waals surface area contributed by atoms with Crippen molar-refractivity contribution in [2.75, 3.05) is 0 Å². The van der Waals surface area contributed by atoms with Crippen molar-refractivity contribution in [1.29, 1.82) is 0 Å². The number of hydrogen-bond acceptors (Lipinski definition) is 3. The van der Waals surface area contributed by atoms with Crippen LogP contribution in [0.3, 0.4) is 0 Å². The van der Waals surface area contributed by atoms with Gasteiger partial charge in [-0.1, -0.05) is 41.4 Å². The van der Waals surface area contributed by atoms with Crippen LogP contribution in [0.4, 0.5) is 4.39 Å². The molecule has 3 nitrogen and oxygen atoms in total. The van der Waals surface area contributed by atoms with Gasteiger partial charge in [-0.05, 0) is 18.2 Å². The van der Waals surface area contributed by atoms with E-state index in [-0.39, 0.29) is 27.3 Å². The molecular weight excluding hydrogens is 362 g/mol. The van der Waals surface area contributed by atoms with Gasteiger partial charge in [0.2, 0.25) is 0 Å². The normalized spacial score (nSPS) is 11.4. The summed E-state index contributed by atoms with van der Waals surface area (Å²) in [5.41, 5.74) is 0.332.